The highest BCUT2D eigenvalue weighted by Crippen LogP contribution is 2.14. The van der Waals surface area contributed by atoms with Crippen molar-refractivity contribution in [2.45, 2.75) is 6.42 Å². The largest absolute Gasteiger partial charge is 0.368 e. The van der Waals surface area contributed by atoms with Crippen LogP contribution in [0.15, 0.2) is 30.3 Å². The average molecular weight is 243 g/mol. The lowest BCUT2D eigenvalue weighted by Gasteiger charge is -2.09. The van der Waals surface area contributed by atoms with E-state index in [1.807, 2.05) is 44.4 Å². The molecule has 1 aromatic heterocycles. The van der Waals surface area contributed by atoms with Gasteiger partial charge in [-0.2, -0.15) is 9.97 Å². The first-order chi connectivity index (χ1) is 8.65. The molecule has 0 aliphatic carbocycles. The SMILES string of the molecule is CN(C)CCc1nc(N)nc(-c2ccccc2)n1. The second kappa shape index (κ2) is 5.55. The summed E-state index contributed by atoms with van der Waals surface area (Å²) in [6.45, 7) is 0.887. The van der Waals surface area contributed by atoms with E-state index >= 15 is 0 Å². The Morgan fingerprint density at radius 1 is 1.06 bits per heavy atom. The van der Waals surface area contributed by atoms with E-state index in [4.69, 9.17) is 5.73 Å². The molecule has 0 unspecified atom stereocenters. The van der Waals surface area contributed by atoms with Crippen molar-refractivity contribution < 1.29 is 0 Å². The Bertz CT molecular complexity index is 510. The Balaban J connectivity index is 2.27. The summed E-state index contributed by atoms with van der Waals surface area (Å²) in [6.07, 6.45) is 0.763. The molecule has 18 heavy (non-hydrogen) atoms. The molecule has 0 aliphatic rings. The fourth-order valence-corrected chi connectivity index (χ4v) is 1.59. The van der Waals surface area contributed by atoms with Crippen LogP contribution in [0.1, 0.15) is 5.82 Å². The normalized spacial score (nSPS) is 10.8. The number of anilines is 1. The third kappa shape index (κ3) is 3.24. The summed E-state index contributed by atoms with van der Waals surface area (Å²) in [4.78, 5) is 14.9. The molecular formula is C13H17N5. The number of rotatable bonds is 4. The zero-order valence-corrected chi connectivity index (χ0v) is 10.7. The summed E-state index contributed by atoms with van der Waals surface area (Å²) in [5.74, 6) is 1.64. The number of nitrogens with two attached hydrogens (primary N) is 1. The van der Waals surface area contributed by atoms with Gasteiger partial charge in [-0.15, -0.1) is 0 Å². The van der Waals surface area contributed by atoms with Gasteiger partial charge in [-0.3, -0.25) is 0 Å². The third-order valence-electron chi connectivity index (χ3n) is 2.51. The summed E-state index contributed by atoms with van der Waals surface area (Å²) in [7, 11) is 4.03. The van der Waals surface area contributed by atoms with Gasteiger partial charge in [0.2, 0.25) is 5.95 Å². The predicted octanol–water partition coefficient (Wildman–Crippen LogP) is 1.22. The van der Waals surface area contributed by atoms with Crippen LogP contribution < -0.4 is 5.73 Å². The van der Waals surface area contributed by atoms with Crippen LogP contribution in [0.5, 0.6) is 0 Å². The number of hydrogen-bond acceptors (Lipinski definition) is 5. The standard InChI is InChI=1S/C13H17N5/c1-18(2)9-8-11-15-12(17-13(14)16-11)10-6-4-3-5-7-10/h3-7H,8-9H2,1-2H3,(H2,14,15,16,17). The quantitative estimate of drug-likeness (QED) is 0.874. The van der Waals surface area contributed by atoms with Crippen LogP contribution in [0.3, 0.4) is 0 Å². The highest BCUT2D eigenvalue weighted by atomic mass is 15.1. The maximum absolute atomic E-state index is 5.73. The van der Waals surface area contributed by atoms with Gasteiger partial charge in [-0.1, -0.05) is 30.3 Å². The molecule has 2 aromatic rings. The van der Waals surface area contributed by atoms with Gasteiger partial charge in [0.25, 0.3) is 0 Å². The summed E-state index contributed by atoms with van der Waals surface area (Å²) in [5, 5.41) is 0. The van der Waals surface area contributed by atoms with Crippen LogP contribution in [0.4, 0.5) is 5.95 Å². The molecule has 0 fully saturated rings. The van der Waals surface area contributed by atoms with E-state index in [1.54, 1.807) is 0 Å². The van der Waals surface area contributed by atoms with E-state index in [-0.39, 0.29) is 5.95 Å². The van der Waals surface area contributed by atoms with Crippen LogP contribution in [-0.2, 0) is 6.42 Å². The van der Waals surface area contributed by atoms with Crippen molar-refractivity contribution in [2.24, 2.45) is 0 Å². The summed E-state index contributed by atoms with van der Waals surface area (Å²) < 4.78 is 0. The Hall–Kier alpha value is -2.01. The predicted molar refractivity (Wildman–Crippen MR) is 71.9 cm³/mol. The second-order valence-electron chi connectivity index (χ2n) is 4.35. The summed E-state index contributed by atoms with van der Waals surface area (Å²) >= 11 is 0. The van der Waals surface area contributed by atoms with Crippen LogP contribution in [0.25, 0.3) is 11.4 Å². The lowest BCUT2D eigenvalue weighted by molar-refractivity contribution is 0.409. The van der Waals surface area contributed by atoms with Gasteiger partial charge in [0.1, 0.15) is 5.82 Å². The fourth-order valence-electron chi connectivity index (χ4n) is 1.59. The van der Waals surface area contributed by atoms with Gasteiger partial charge in [-0.05, 0) is 14.1 Å². The topological polar surface area (TPSA) is 67.9 Å². The van der Waals surface area contributed by atoms with Crippen molar-refractivity contribution in [1.82, 2.24) is 19.9 Å². The molecule has 94 valence electrons. The van der Waals surface area contributed by atoms with Gasteiger partial charge < -0.3 is 10.6 Å². The van der Waals surface area contributed by atoms with Crippen LogP contribution in [0.2, 0.25) is 0 Å². The first kappa shape index (κ1) is 12.4. The van der Waals surface area contributed by atoms with Gasteiger partial charge >= 0.3 is 0 Å². The molecule has 0 radical (unpaired) electrons. The van der Waals surface area contributed by atoms with Crippen molar-refractivity contribution in [2.75, 3.05) is 26.4 Å². The molecule has 0 aliphatic heterocycles. The van der Waals surface area contributed by atoms with E-state index < -0.39 is 0 Å². The molecule has 0 saturated carbocycles. The molecule has 0 amide bonds. The fraction of sp³-hybridized carbons (Fsp3) is 0.308. The smallest absolute Gasteiger partial charge is 0.223 e. The Kier molecular flexibility index (Phi) is 3.84. The lowest BCUT2D eigenvalue weighted by atomic mass is 10.2. The number of nitrogen functional groups attached to an aromatic ring is 1. The van der Waals surface area contributed by atoms with Crippen LogP contribution in [-0.4, -0.2) is 40.5 Å². The number of aromatic nitrogens is 3. The van der Waals surface area contributed by atoms with Crippen molar-refractivity contribution in [3.63, 3.8) is 0 Å². The van der Waals surface area contributed by atoms with E-state index in [9.17, 15) is 0 Å². The Morgan fingerprint density at radius 2 is 1.78 bits per heavy atom. The van der Waals surface area contributed by atoms with Crippen LogP contribution >= 0.6 is 0 Å². The van der Waals surface area contributed by atoms with Crippen molar-refractivity contribution in [3.8, 4) is 11.4 Å². The maximum atomic E-state index is 5.73. The first-order valence-electron chi connectivity index (χ1n) is 5.86. The monoisotopic (exact) mass is 243 g/mol. The first-order valence-corrected chi connectivity index (χ1v) is 5.86. The highest BCUT2D eigenvalue weighted by Gasteiger charge is 2.06. The minimum absolute atomic E-state index is 0.276. The molecule has 0 atom stereocenters. The molecule has 0 bridgehead atoms. The highest BCUT2D eigenvalue weighted by molar-refractivity contribution is 5.55. The third-order valence-corrected chi connectivity index (χ3v) is 2.51. The molecule has 5 nitrogen and oxygen atoms in total. The Morgan fingerprint density at radius 3 is 2.44 bits per heavy atom. The van der Waals surface area contributed by atoms with Crippen molar-refractivity contribution in [1.29, 1.82) is 0 Å². The zero-order chi connectivity index (χ0) is 13.0. The molecule has 1 heterocycles. The van der Waals surface area contributed by atoms with Gasteiger partial charge in [0.15, 0.2) is 5.82 Å². The van der Waals surface area contributed by atoms with Crippen molar-refractivity contribution in [3.05, 3.63) is 36.2 Å². The van der Waals surface area contributed by atoms with E-state index in [0.717, 1.165) is 24.4 Å². The molecule has 0 saturated heterocycles. The molecule has 0 spiro atoms. The van der Waals surface area contributed by atoms with E-state index in [1.165, 1.54) is 0 Å². The van der Waals surface area contributed by atoms with Crippen molar-refractivity contribution >= 4 is 5.95 Å². The summed E-state index contributed by atoms with van der Waals surface area (Å²) in [6, 6.07) is 9.79. The summed E-state index contributed by atoms with van der Waals surface area (Å²) in [5.41, 5.74) is 6.68. The maximum Gasteiger partial charge on any atom is 0.223 e. The molecule has 1 aromatic carbocycles. The Labute approximate surface area is 107 Å². The van der Waals surface area contributed by atoms with Gasteiger partial charge in [-0.25, -0.2) is 4.98 Å². The molecule has 5 heteroatoms. The zero-order valence-electron chi connectivity index (χ0n) is 10.7. The van der Waals surface area contributed by atoms with Gasteiger partial charge in [0.05, 0.1) is 0 Å². The van der Waals surface area contributed by atoms with E-state index in [0.29, 0.717) is 5.82 Å². The number of hydrogen-bond donors (Lipinski definition) is 1. The molecule has 2 N–H and O–H groups in total. The number of nitrogens with zero attached hydrogens (tertiary/aromatic N) is 4. The average Bonchev–Trinajstić information content (AvgIpc) is 2.37. The second-order valence-corrected chi connectivity index (χ2v) is 4.35. The minimum Gasteiger partial charge on any atom is -0.368 e. The van der Waals surface area contributed by atoms with Gasteiger partial charge in [0, 0.05) is 18.5 Å². The van der Waals surface area contributed by atoms with E-state index in [2.05, 4.69) is 19.9 Å². The van der Waals surface area contributed by atoms with Crippen LogP contribution in [0, 0.1) is 0 Å². The minimum atomic E-state index is 0.276. The molecule has 2 rings (SSSR count). The number of benzene rings is 1. The number of likely N-dealkylation sites (N-methyl/N-ethyl adjacent to an activating group) is 1. The lowest BCUT2D eigenvalue weighted by Crippen LogP contribution is -2.17. The molecular weight excluding hydrogens is 226 g/mol.